The summed E-state index contributed by atoms with van der Waals surface area (Å²) in [5, 5.41) is 2.74. The van der Waals surface area contributed by atoms with Crippen LogP contribution in [0.4, 0.5) is 5.69 Å². The number of nitrogens with one attached hydrogen (secondary N) is 1. The summed E-state index contributed by atoms with van der Waals surface area (Å²) in [5.41, 5.74) is 1.19. The van der Waals surface area contributed by atoms with E-state index < -0.39 is 0 Å². The monoisotopic (exact) mass is 331 g/mol. The number of nitrogens with zero attached hydrogens (tertiary/aromatic N) is 2. The van der Waals surface area contributed by atoms with Crippen LogP contribution in [0.1, 0.15) is 10.4 Å². The second-order valence-electron chi connectivity index (χ2n) is 6.78. The topological polar surface area (TPSA) is 71.1 Å². The maximum absolute atomic E-state index is 13.1. The number of hydrogen-bond acceptors (Lipinski definition) is 5. The standard InChI is InChI=1S/C17H21N3O4/c1-19-5-11-6-20(13(7-19)9-23-8-11)17(22)12-2-3-14-15(4-12)24-10-16(21)18-14/h2-4,11,13H,5-10H2,1H3,(H,18,21)/t11-,13-/m0/s1. The predicted octanol–water partition coefficient (Wildman–Crippen LogP) is 0.420. The molecule has 7 heteroatoms. The molecule has 2 bridgehead atoms. The lowest BCUT2D eigenvalue weighted by Gasteiger charge is -2.30. The van der Waals surface area contributed by atoms with E-state index in [4.69, 9.17) is 9.47 Å². The van der Waals surface area contributed by atoms with Crippen molar-refractivity contribution < 1.29 is 19.1 Å². The third-order valence-corrected chi connectivity index (χ3v) is 4.77. The Morgan fingerprint density at radius 3 is 3.00 bits per heavy atom. The molecule has 2 fully saturated rings. The van der Waals surface area contributed by atoms with Gasteiger partial charge in [-0.3, -0.25) is 9.59 Å². The van der Waals surface area contributed by atoms with Crippen molar-refractivity contribution in [2.24, 2.45) is 5.92 Å². The van der Waals surface area contributed by atoms with Crippen LogP contribution in [0.15, 0.2) is 18.2 Å². The Kier molecular flexibility index (Phi) is 3.90. The van der Waals surface area contributed by atoms with Gasteiger partial charge in [-0.2, -0.15) is 0 Å². The zero-order valence-electron chi connectivity index (χ0n) is 13.7. The Labute approximate surface area is 140 Å². The van der Waals surface area contributed by atoms with E-state index >= 15 is 0 Å². The minimum Gasteiger partial charge on any atom is -0.482 e. The molecule has 7 nitrogen and oxygen atoms in total. The first-order valence-electron chi connectivity index (χ1n) is 8.24. The third kappa shape index (κ3) is 2.85. The van der Waals surface area contributed by atoms with Crippen molar-refractivity contribution in [2.75, 3.05) is 51.8 Å². The molecule has 2 amide bonds. The quantitative estimate of drug-likeness (QED) is 0.808. The van der Waals surface area contributed by atoms with E-state index in [0.29, 0.717) is 42.7 Å². The molecule has 0 spiro atoms. The van der Waals surface area contributed by atoms with Gasteiger partial charge in [0.05, 0.1) is 24.9 Å². The molecule has 3 heterocycles. The van der Waals surface area contributed by atoms with Crippen molar-refractivity contribution >= 4 is 17.5 Å². The van der Waals surface area contributed by atoms with Gasteiger partial charge in [0.25, 0.3) is 11.8 Å². The van der Waals surface area contributed by atoms with Gasteiger partial charge >= 0.3 is 0 Å². The third-order valence-electron chi connectivity index (χ3n) is 4.77. The Balaban J connectivity index is 1.60. The summed E-state index contributed by atoms with van der Waals surface area (Å²) in [5.74, 6) is 0.698. The molecule has 1 aromatic carbocycles. The number of carbonyl (C=O) groups is 2. The van der Waals surface area contributed by atoms with Crippen LogP contribution in [-0.2, 0) is 9.53 Å². The predicted molar refractivity (Wildman–Crippen MR) is 87.2 cm³/mol. The molecule has 0 aromatic heterocycles. The summed E-state index contributed by atoms with van der Waals surface area (Å²) in [6.45, 7) is 3.73. The lowest BCUT2D eigenvalue weighted by molar-refractivity contribution is -0.118. The van der Waals surface area contributed by atoms with Gasteiger partial charge in [0.2, 0.25) is 0 Å². The average molecular weight is 331 g/mol. The van der Waals surface area contributed by atoms with E-state index in [2.05, 4.69) is 17.3 Å². The minimum atomic E-state index is -0.178. The molecule has 0 radical (unpaired) electrons. The van der Waals surface area contributed by atoms with E-state index in [0.717, 1.165) is 13.1 Å². The van der Waals surface area contributed by atoms with Gasteiger partial charge in [-0.05, 0) is 25.2 Å². The number of hydrogen-bond donors (Lipinski definition) is 1. The number of benzene rings is 1. The van der Waals surface area contributed by atoms with E-state index in [1.807, 2.05) is 4.90 Å². The zero-order chi connectivity index (χ0) is 16.7. The molecule has 3 aliphatic heterocycles. The highest BCUT2D eigenvalue weighted by molar-refractivity contribution is 5.99. The number of fused-ring (bicyclic) bond motifs is 4. The average Bonchev–Trinajstić information content (AvgIpc) is 2.84. The smallest absolute Gasteiger partial charge is 0.262 e. The van der Waals surface area contributed by atoms with Gasteiger partial charge in [-0.1, -0.05) is 0 Å². The van der Waals surface area contributed by atoms with Crippen molar-refractivity contribution in [2.45, 2.75) is 6.04 Å². The van der Waals surface area contributed by atoms with Gasteiger partial charge in [0.15, 0.2) is 6.61 Å². The fourth-order valence-electron chi connectivity index (χ4n) is 3.70. The highest BCUT2D eigenvalue weighted by Gasteiger charge is 2.35. The lowest BCUT2D eigenvalue weighted by atomic mass is 10.1. The molecule has 0 aliphatic carbocycles. The molecule has 1 aromatic rings. The molecular formula is C17H21N3O4. The molecule has 0 saturated carbocycles. The summed E-state index contributed by atoms with van der Waals surface area (Å²) in [6.07, 6.45) is 0. The number of rotatable bonds is 1. The molecule has 128 valence electrons. The first-order chi connectivity index (χ1) is 11.6. The van der Waals surface area contributed by atoms with Gasteiger partial charge in [0.1, 0.15) is 5.75 Å². The summed E-state index contributed by atoms with van der Waals surface area (Å²) in [7, 11) is 2.09. The van der Waals surface area contributed by atoms with E-state index in [1.165, 1.54) is 0 Å². The number of carbonyl (C=O) groups excluding carboxylic acids is 2. The molecule has 4 rings (SSSR count). The van der Waals surface area contributed by atoms with Crippen molar-refractivity contribution in [3.8, 4) is 5.75 Å². The number of amides is 2. The maximum atomic E-state index is 13.1. The van der Waals surface area contributed by atoms with Crippen LogP contribution in [0.25, 0.3) is 0 Å². The van der Waals surface area contributed by atoms with Crippen LogP contribution in [0.2, 0.25) is 0 Å². The molecule has 24 heavy (non-hydrogen) atoms. The minimum absolute atomic E-state index is 0.00546. The van der Waals surface area contributed by atoms with Crippen LogP contribution in [0.5, 0.6) is 5.75 Å². The van der Waals surface area contributed by atoms with Crippen molar-refractivity contribution in [1.29, 1.82) is 0 Å². The molecule has 2 atom stereocenters. The number of likely N-dealkylation sites (N-methyl/N-ethyl adjacent to an activating group) is 1. The van der Waals surface area contributed by atoms with E-state index in [-0.39, 0.29) is 24.5 Å². The van der Waals surface area contributed by atoms with Gasteiger partial charge in [-0.15, -0.1) is 0 Å². The molecule has 3 aliphatic rings. The molecular weight excluding hydrogens is 310 g/mol. The second kappa shape index (κ2) is 6.07. The maximum Gasteiger partial charge on any atom is 0.262 e. The highest BCUT2D eigenvalue weighted by Crippen LogP contribution is 2.30. The summed E-state index contributed by atoms with van der Waals surface area (Å²) < 4.78 is 11.2. The fourth-order valence-corrected chi connectivity index (χ4v) is 3.70. The van der Waals surface area contributed by atoms with Crippen molar-refractivity contribution in [1.82, 2.24) is 9.80 Å². The Morgan fingerprint density at radius 2 is 2.12 bits per heavy atom. The molecule has 0 unspecified atom stereocenters. The Hall–Kier alpha value is -2.12. The molecule has 2 saturated heterocycles. The highest BCUT2D eigenvalue weighted by atomic mass is 16.5. The van der Waals surface area contributed by atoms with Gasteiger partial charge in [0, 0.05) is 31.1 Å². The van der Waals surface area contributed by atoms with E-state index in [9.17, 15) is 9.59 Å². The van der Waals surface area contributed by atoms with Crippen LogP contribution in [-0.4, -0.2) is 74.2 Å². The van der Waals surface area contributed by atoms with Gasteiger partial charge in [-0.25, -0.2) is 0 Å². The van der Waals surface area contributed by atoms with Crippen LogP contribution < -0.4 is 10.1 Å². The normalized spacial score (nSPS) is 26.9. The summed E-state index contributed by atoms with van der Waals surface area (Å²) in [6, 6.07) is 5.25. The lowest BCUT2D eigenvalue weighted by Crippen LogP contribution is -2.46. The van der Waals surface area contributed by atoms with Crippen molar-refractivity contribution in [3.05, 3.63) is 23.8 Å². The van der Waals surface area contributed by atoms with Gasteiger partial charge < -0.3 is 24.6 Å². The van der Waals surface area contributed by atoms with Crippen LogP contribution >= 0.6 is 0 Å². The number of anilines is 1. The van der Waals surface area contributed by atoms with E-state index in [1.54, 1.807) is 18.2 Å². The first kappa shape index (κ1) is 15.4. The van der Waals surface area contributed by atoms with Crippen molar-refractivity contribution in [3.63, 3.8) is 0 Å². The SMILES string of the molecule is CN1C[C@@H]2COC[C@H](C1)N(C(=O)c1ccc3c(c1)OCC(=O)N3)C2. The van der Waals surface area contributed by atoms with Crippen LogP contribution in [0, 0.1) is 5.92 Å². The Bertz CT molecular complexity index is 678. The fraction of sp³-hybridized carbons (Fsp3) is 0.529. The Morgan fingerprint density at radius 1 is 1.25 bits per heavy atom. The zero-order valence-corrected chi connectivity index (χ0v) is 13.7. The summed E-state index contributed by atoms with van der Waals surface area (Å²) in [4.78, 5) is 28.6. The molecule has 1 N–H and O–H groups in total. The summed E-state index contributed by atoms with van der Waals surface area (Å²) >= 11 is 0. The largest absolute Gasteiger partial charge is 0.482 e. The first-order valence-corrected chi connectivity index (χ1v) is 8.24. The second-order valence-corrected chi connectivity index (χ2v) is 6.78. The van der Waals surface area contributed by atoms with Crippen LogP contribution in [0.3, 0.4) is 0 Å². The number of ether oxygens (including phenoxy) is 2.